The molecule has 1 aromatic carbocycles. The number of rotatable bonds is 4. The average Bonchev–Trinajstić information content (AvgIpc) is 2.76. The highest BCUT2D eigenvalue weighted by atomic mass is 35.5. The van der Waals surface area contributed by atoms with Crippen molar-refractivity contribution in [3.05, 3.63) is 41.7 Å². The van der Waals surface area contributed by atoms with Crippen LogP contribution < -0.4 is 9.64 Å². The maximum Gasteiger partial charge on any atom is 0.226 e. The molecule has 0 spiro atoms. The number of carbonyl (C=O) groups excluding carboxylic acids is 1. The standard InChI is InChI=1S/C22H27ClN4O2/c1-16-14-26(11-12-27(16)22(28)17-5-3-2-4-6-17)20-13-21(25-15-24-20)29-19-9-7-18(23)8-10-19/h7-10,13,15-17H,2-6,11-12,14H2,1H3/t16-/m1/s1. The Kier molecular flexibility index (Phi) is 6.19. The van der Waals surface area contributed by atoms with Crippen molar-refractivity contribution in [1.29, 1.82) is 0 Å². The first-order valence-electron chi connectivity index (χ1n) is 10.4. The van der Waals surface area contributed by atoms with Gasteiger partial charge in [0.15, 0.2) is 0 Å². The van der Waals surface area contributed by atoms with Crippen LogP contribution in [-0.4, -0.2) is 46.5 Å². The SMILES string of the molecule is C[C@@H]1CN(c2cc(Oc3ccc(Cl)cc3)ncn2)CCN1C(=O)C1CCCCC1. The second-order valence-electron chi connectivity index (χ2n) is 7.93. The van der Waals surface area contributed by atoms with Gasteiger partial charge in [-0.05, 0) is 44.0 Å². The van der Waals surface area contributed by atoms with E-state index in [1.807, 2.05) is 18.2 Å². The van der Waals surface area contributed by atoms with Gasteiger partial charge in [0.1, 0.15) is 17.9 Å². The van der Waals surface area contributed by atoms with Crippen molar-refractivity contribution in [3.63, 3.8) is 0 Å². The third-order valence-electron chi connectivity index (χ3n) is 5.85. The maximum absolute atomic E-state index is 12.9. The predicted octanol–water partition coefficient (Wildman–Crippen LogP) is 4.54. The average molecular weight is 415 g/mol. The predicted molar refractivity (Wildman–Crippen MR) is 114 cm³/mol. The summed E-state index contributed by atoms with van der Waals surface area (Å²) >= 11 is 5.92. The molecule has 2 aliphatic rings. The Bertz CT molecular complexity index is 839. The van der Waals surface area contributed by atoms with E-state index in [1.54, 1.807) is 12.1 Å². The first-order chi connectivity index (χ1) is 14.1. The summed E-state index contributed by atoms with van der Waals surface area (Å²) in [4.78, 5) is 25.8. The molecule has 4 rings (SSSR count). The van der Waals surface area contributed by atoms with Gasteiger partial charge in [-0.1, -0.05) is 30.9 Å². The monoisotopic (exact) mass is 414 g/mol. The largest absolute Gasteiger partial charge is 0.439 e. The summed E-state index contributed by atoms with van der Waals surface area (Å²) < 4.78 is 5.83. The topological polar surface area (TPSA) is 58.6 Å². The fraction of sp³-hybridized carbons (Fsp3) is 0.500. The van der Waals surface area contributed by atoms with Crippen molar-refractivity contribution in [2.75, 3.05) is 24.5 Å². The molecule has 0 N–H and O–H groups in total. The molecule has 0 unspecified atom stereocenters. The van der Waals surface area contributed by atoms with Crippen LogP contribution in [0.3, 0.4) is 0 Å². The minimum Gasteiger partial charge on any atom is -0.439 e. The minimum absolute atomic E-state index is 0.161. The second-order valence-corrected chi connectivity index (χ2v) is 8.37. The number of nitrogens with zero attached hydrogens (tertiary/aromatic N) is 4. The van der Waals surface area contributed by atoms with E-state index in [0.29, 0.717) is 22.6 Å². The number of benzene rings is 1. The number of hydrogen-bond donors (Lipinski definition) is 0. The van der Waals surface area contributed by atoms with Gasteiger partial charge in [0, 0.05) is 42.7 Å². The molecular weight excluding hydrogens is 388 g/mol. The lowest BCUT2D eigenvalue weighted by Crippen LogP contribution is -2.55. The minimum atomic E-state index is 0.161. The zero-order chi connectivity index (χ0) is 20.2. The van der Waals surface area contributed by atoms with Gasteiger partial charge in [-0.2, -0.15) is 0 Å². The molecule has 1 aliphatic heterocycles. The molecule has 2 aromatic rings. The molecule has 6 nitrogen and oxygen atoms in total. The van der Waals surface area contributed by atoms with Gasteiger partial charge in [0.25, 0.3) is 0 Å². The van der Waals surface area contributed by atoms with Crippen molar-refractivity contribution in [3.8, 4) is 11.6 Å². The number of anilines is 1. The molecule has 7 heteroatoms. The van der Waals surface area contributed by atoms with Crippen LogP contribution in [0.25, 0.3) is 0 Å². The molecule has 1 aliphatic carbocycles. The second kappa shape index (κ2) is 8.99. The van der Waals surface area contributed by atoms with E-state index in [0.717, 1.165) is 38.3 Å². The van der Waals surface area contributed by atoms with E-state index in [4.69, 9.17) is 16.3 Å². The summed E-state index contributed by atoms with van der Waals surface area (Å²) in [6.07, 6.45) is 7.24. The normalized spacial score (nSPS) is 20.6. The van der Waals surface area contributed by atoms with Crippen molar-refractivity contribution in [2.45, 2.75) is 45.1 Å². The molecule has 154 valence electrons. The van der Waals surface area contributed by atoms with Crippen LogP contribution in [0, 0.1) is 5.92 Å². The zero-order valence-electron chi connectivity index (χ0n) is 16.8. The maximum atomic E-state index is 12.9. The van der Waals surface area contributed by atoms with E-state index in [2.05, 4.69) is 26.7 Å². The number of halogens is 1. The fourth-order valence-corrected chi connectivity index (χ4v) is 4.39. The molecule has 1 atom stereocenters. The van der Waals surface area contributed by atoms with Gasteiger partial charge < -0.3 is 14.5 Å². The van der Waals surface area contributed by atoms with Crippen molar-refractivity contribution >= 4 is 23.3 Å². The lowest BCUT2D eigenvalue weighted by atomic mass is 9.88. The van der Waals surface area contributed by atoms with E-state index in [-0.39, 0.29) is 12.0 Å². The lowest BCUT2D eigenvalue weighted by molar-refractivity contribution is -0.139. The van der Waals surface area contributed by atoms with Crippen LogP contribution in [-0.2, 0) is 4.79 Å². The Hall–Kier alpha value is -2.34. The van der Waals surface area contributed by atoms with Gasteiger partial charge in [-0.3, -0.25) is 4.79 Å². The zero-order valence-corrected chi connectivity index (χ0v) is 17.5. The quantitative estimate of drug-likeness (QED) is 0.735. The van der Waals surface area contributed by atoms with Gasteiger partial charge in [0.05, 0.1) is 0 Å². The van der Waals surface area contributed by atoms with Crippen LogP contribution in [0.1, 0.15) is 39.0 Å². The molecule has 1 saturated carbocycles. The Labute approximate surface area is 176 Å². The molecular formula is C22H27ClN4O2. The van der Waals surface area contributed by atoms with Gasteiger partial charge in [-0.25, -0.2) is 9.97 Å². The van der Waals surface area contributed by atoms with Crippen LogP contribution >= 0.6 is 11.6 Å². The van der Waals surface area contributed by atoms with E-state index in [9.17, 15) is 4.79 Å². The summed E-state index contributed by atoms with van der Waals surface area (Å²) in [6.45, 7) is 4.38. The van der Waals surface area contributed by atoms with Crippen LogP contribution in [0.5, 0.6) is 11.6 Å². The van der Waals surface area contributed by atoms with E-state index in [1.165, 1.54) is 25.6 Å². The number of carbonyl (C=O) groups is 1. The highest BCUT2D eigenvalue weighted by molar-refractivity contribution is 6.30. The summed E-state index contributed by atoms with van der Waals surface area (Å²) in [6, 6.07) is 9.18. The number of piperazine rings is 1. The number of hydrogen-bond acceptors (Lipinski definition) is 5. The highest BCUT2D eigenvalue weighted by Gasteiger charge is 2.32. The summed E-state index contributed by atoms with van der Waals surface area (Å²) in [5, 5.41) is 0.662. The Morgan fingerprint density at radius 2 is 1.86 bits per heavy atom. The molecule has 1 aromatic heterocycles. The van der Waals surface area contributed by atoms with Crippen LogP contribution in [0.2, 0.25) is 5.02 Å². The smallest absolute Gasteiger partial charge is 0.226 e. The molecule has 0 bridgehead atoms. The molecule has 2 heterocycles. The van der Waals surface area contributed by atoms with Gasteiger partial charge in [0.2, 0.25) is 11.8 Å². The Morgan fingerprint density at radius 3 is 2.59 bits per heavy atom. The molecule has 0 radical (unpaired) electrons. The summed E-state index contributed by atoms with van der Waals surface area (Å²) in [5.41, 5.74) is 0. The first-order valence-corrected chi connectivity index (χ1v) is 10.8. The summed E-state index contributed by atoms with van der Waals surface area (Å²) in [5.74, 6) is 2.55. The number of aromatic nitrogens is 2. The Morgan fingerprint density at radius 1 is 1.10 bits per heavy atom. The summed E-state index contributed by atoms with van der Waals surface area (Å²) in [7, 11) is 0. The molecule has 1 amide bonds. The van der Waals surface area contributed by atoms with Crippen molar-refractivity contribution < 1.29 is 9.53 Å². The molecule has 29 heavy (non-hydrogen) atoms. The fourth-order valence-electron chi connectivity index (χ4n) is 4.26. The highest BCUT2D eigenvalue weighted by Crippen LogP contribution is 2.28. The third kappa shape index (κ3) is 4.81. The van der Waals surface area contributed by atoms with Crippen molar-refractivity contribution in [1.82, 2.24) is 14.9 Å². The first kappa shape index (κ1) is 20.0. The Balaban J connectivity index is 1.39. The number of ether oxygens (including phenoxy) is 1. The third-order valence-corrected chi connectivity index (χ3v) is 6.10. The van der Waals surface area contributed by atoms with Gasteiger partial charge >= 0.3 is 0 Å². The lowest BCUT2D eigenvalue weighted by Gasteiger charge is -2.42. The molecule has 2 fully saturated rings. The van der Waals surface area contributed by atoms with E-state index >= 15 is 0 Å². The van der Waals surface area contributed by atoms with Crippen LogP contribution in [0.4, 0.5) is 5.82 Å². The number of amides is 1. The van der Waals surface area contributed by atoms with Crippen molar-refractivity contribution in [2.24, 2.45) is 5.92 Å². The van der Waals surface area contributed by atoms with E-state index < -0.39 is 0 Å². The molecule has 1 saturated heterocycles. The van der Waals surface area contributed by atoms with Gasteiger partial charge in [-0.15, -0.1) is 0 Å². The van der Waals surface area contributed by atoms with Crippen LogP contribution in [0.15, 0.2) is 36.7 Å².